The van der Waals surface area contributed by atoms with Crippen LogP contribution in [0.4, 0.5) is 0 Å². The first kappa shape index (κ1) is 14.2. The molecule has 18 heavy (non-hydrogen) atoms. The standard InChI is InChI=1S/C13H9Cl2N3/c1-2-18-12(14)6-7-17-9-11-5-3-4-10(8-16)13(11)15/h2-7,9H,1H2/b7-6+,17-9?,18-12?. The van der Waals surface area contributed by atoms with E-state index in [1.165, 1.54) is 24.7 Å². The lowest BCUT2D eigenvalue weighted by molar-refractivity contribution is 1.48. The molecule has 0 spiro atoms. The lowest BCUT2D eigenvalue weighted by Crippen LogP contribution is -1.86. The average Bonchev–Trinajstić information content (AvgIpc) is 2.36. The molecule has 1 aromatic carbocycles. The molecule has 3 nitrogen and oxygen atoms in total. The molecule has 0 amide bonds. The van der Waals surface area contributed by atoms with Crippen molar-refractivity contribution in [3.8, 4) is 6.07 Å². The summed E-state index contributed by atoms with van der Waals surface area (Å²) in [5.41, 5.74) is 1.08. The summed E-state index contributed by atoms with van der Waals surface area (Å²) in [7, 11) is 0. The van der Waals surface area contributed by atoms with Crippen molar-refractivity contribution in [3.05, 3.63) is 59.4 Å². The molecule has 0 aromatic heterocycles. The fourth-order valence-corrected chi connectivity index (χ4v) is 1.44. The van der Waals surface area contributed by atoms with Crippen LogP contribution in [0.1, 0.15) is 11.1 Å². The van der Waals surface area contributed by atoms with Gasteiger partial charge in [-0.25, -0.2) is 4.99 Å². The van der Waals surface area contributed by atoms with Gasteiger partial charge in [-0.15, -0.1) is 0 Å². The predicted octanol–water partition coefficient (Wildman–Crippen LogP) is 3.93. The summed E-state index contributed by atoms with van der Waals surface area (Å²) in [6, 6.07) is 7.14. The SMILES string of the molecule is C=CN=C(Cl)/C=C/N=Cc1cccc(C#N)c1Cl. The molecule has 90 valence electrons. The fraction of sp³-hybridized carbons (Fsp3) is 0. The first-order chi connectivity index (χ1) is 8.69. The third kappa shape index (κ3) is 4.17. The van der Waals surface area contributed by atoms with Crippen LogP contribution in [-0.2, 0) is 0 Å². The second kappa shape index (κ2) is 7.44. The van der Waals surface area contributed by atoms with Crippen molar-refractivity contribution in [2.24, 2.45) is 9.98 Å². The maximum Gasteiger partial charge on any atom is 0.130 e. The van der Waals surface area contributed by atoms with Gasteiger partial charge in [0.1, 0.15) is 11.2 Å². The van der Waals surface area contributed by atoms with Gasteiger partial charge in [0.05, 0.1) is 10.6 Å². The molecule has 0 atom stereocenters. The van der Waals surface area contributed by atoms with E-state index in [0.717, 1.165) is 0 Å². The van der Waals surface area contributed by atoms with Crippen LogP contribution in [0.5, 0.6) is 0 Å². The van der Waals surface area contributed by atoms with E-state index in [1.54, 1.807) is 18.2 Å². The maximum absolute atomic E-state index is 8.81. The van der Waals surface area contributed by atoms with Crippen molar-refractivity contribution in [3.63, 3.8) is 0 Å². The minimum atomic E-state index is 0.277. The Balaban J connectivity index is 2.83. The first-order valence-corrected chi connectivity index (χ1v) is 5.67. The Morgan fingerprint density at radius 1 is 1.44 bits per heavy atom. The Morgan fingerprint density at radius 2 is 2.22 bits per heavy atom. The number of nitrogens with zero attached hydrogens (tertiary/aromatic N) is 3. The number of nitriles is 1. The smallest absolute Gasteiger partial charge is 0.130 e. The minimum absolute atomic E-state index is 0.277. The van der Waals surface area contributed by atoms with Gasteiger partial charge in [-0.1, -0.05) is 41.9 Å². The Kier molecular flexibility index (Phi) is 5.86. The van der Waals surface area contributed by atoms with E-state index in [0.29, 0.717) is 16.1 Å². The minimum Gasteiger partial charge on any atom is -0.264 e. The normalized spacial score (nSPS) is 11.9. The predicted molar refractivity (Wildman–Crippen MR) is 76.4 cm³/mol. The highest BCUT2D eigenvalue weighted by Gasteiger charge is 2.02. The van der Waals surface area contributed by atoms with Gasteiger partial charge in [-0.3, -0.25) is 4.99 Å². The molecule has 0 saturated carbocycles. The van der Waals surface area contributed by atoms with Crippen molar-refractivity contribution >= 4 is 34.6 Å². The Morgan fingerprint density at radius 3 is 2.89 bits per heavy atom. The highest BCUT2D eigenvalue weighted by Crippen LogP contribution is 2.18. The first-order valence-electron chi connectivity index (χ1n) is 4.91. The van der Waals surface area contributed by atoms with E-state index < -0.39 is 0 Å². The van der Waals surface area contributed by atoms with Gasteiger partial charge in [-0.2, -0.15) is 5.26 Å². The Bertz CT molecular complexity index is 566. The van der Waals surface area contributed by atoms with Crippen LogP contribution in [0, 0.1) is 11.3 Å². The van der Waals surface area contributed by atoms with Crippen LogP contribution in [0.3, 0.4) is 0 Å². The topological polar surface area (TPSA) is 48.5 Å². The molecule has 0 N–H and O–H groups in total. The highest BCUT2D eigenvalue weighted by atomic mass is 35.5. The van der Waals surface area contributed by atoms with E-state index in [2.05, 4.69) is 16.6 Å². The summed E-state index contributed by atoms with van der Waals surface area (Å²) >= 11 is 11.7. The number of hydrogen-bond donors (Lipinski definition) is 0. The van der Waals surface area contributed by atoms with Crippen molar-refractivity contribution in [1.82, 2.24) is 0 Å². The van der Waals surface area contributed by atoms with E-state index >= 15 is 0 Å². The molecule has 0 unspecified atom stereocenters. The van der Waals surface area contributed by atoms with Crippen LogP contribution in [0.25, 0.3) is 0 Å². The molecule has 1 rings (SSSR count). The molecule has 0 fully saturated rings. The summed E-state index contributed by atoms with van der Waals surface area (Å²) in [6.07, 6.45) is 5.87. The summed E-state index contributed by atoms with van der Waals surface area (Å²) in [6.45, 7) is 3.41. The molecular weight excluding hydrogens is 269 g/mol. The molecular formula is C13H9Cl2N3. The summed E-state index contributed by atoms with van der Waals surface area (Å²) < 4.78 is 0. The van der Waals surface area contributed by atoms with Gasteiger partial charge in [-0.05, 0) is 12.1 Å². The van der Waals surface area contributed by atoms with Crippen molar-refractivity contribution in [2.75, 3.05) is 0 Å². The van der Waals surface area contributed by atoms with E-state index in [4.69, 9.17) is 28.5 Å². The number of rotatable bonds is 4. The number of aliphatic imine (C=N–C) groups is 2. The summed E-state index contributed by atoms with van der Waals surface area (Å²) in [4.78, 5) is 7.73. The maximum atomic E-state index is 8.81. The Labute approximate surface area is 115 Å². The van der Waals surface area contributed by atoms with Gasteiger partial charge in [0.15, 0.2) is 0 Å². The number of halogens is 2. The fourth-order valence-electron chi connectivity index (χ4n) is 1.09. The third-order valence-corrected chi connectivity index (χ3v) is 2.52. The monoisotopic (exact) mass is 277 g/mol. The summed E-state index contributed by atoms with van der Waals surface area (Å²) in [5, 5.41) is 9.47. The van der Waals surface area contributed by atoms with Gasteiger partial charge in [0.2, 0.25) is 0 Å². The largest absolute Gasteiger partial charge is 0.264 e. The zero-order chi connectivity index (χ0) is 13.4. The molecule has 0 radical (unpaired) electrons. The van der Waals surface area contributed by atoms with E-state index in [-0.39, 0.29) is 5.17 Å². The molecule has 0 bridgehead atoms. The average molecular weight is 278 g/mol. The van der Waals surface area contributed by atoms with Gasteiger partial charge >= 0.3 is 0 Å². The van der Waals surface area contributed by atoms with Crippen molar-refractivity contribution < 1.29 is 0 Å². The molecule has 0 saturated heterocycles. The number of hydrogen-bond acceptors (Lipinski definition) is 3. The van der Waals surface area contributed by atoms with Crippen LogP contribution in [0.15, 0.2) is 53.2 Å². The Hall–Kier alpha value is -1.89. The molecule has 0 heterocycles. The van der Waals surface area contributed by atoms with Gasteiger partial charge in [0, 0.05) is 24.2 Å². The lowest BCUT2D eigenvalue weighted by Gasteiger charge is -1.97. The number of benzene rings is 1. The molecule has 0 aliphatic heterocycles. The molecule has 0 aliphatic carbocycles. The van der Waals surface area contributed by atoms with Gasteiger partial charge in [0.25, 0.3) is 0 Å². The van der Waals surface area contributed by atoms with Crippen LogP contribution in [-0.4, -0.2) is 11.4 Å². The van der Waals surface area contributed by atoms with Crippen LogP contribution in [0.2, 0.25) is 5.02 Å². The van der Waals surface area contributed by atoms with E-state index in [9.17, 15) is 0 Å². The molecule has 5 heteroatoms. The molecule has 1 aromatic rings. The second-order valence-corrected chi connectivity index (χ2v) is 3.81. The van der Waals surface area contributed by atoms with Crippen LogP contribution < -0.4 is 0 Å². The number of allylic oxidation sites excluding steroid dienone is 1. The zero-order valence-electron chi connectivity index (χ0n) is 9.35. The quantitative estimate of drug-likeness (QED) is 0.770. The molecule has 0 aliphatic rings. The highest BCUT2D eigenvalue weighted by molar-refractivity contribution is 6.68. The summed E-state index contributed by atoms with van der Waals surface area (Å²) in [5.74, 6) is 0. The van der Waals surface area contributed by atoms with Crippen LogP contribution >= 0.6 is 23.2 Å². The van der Waals surface area contributed by atoms with Gasteiger partial charge < -0.3 is 0 Å². The zero-order valence-corrected chi connectivity index (χ0v) is 10.9. The van der Waals surface area contributed by atoms with Crippen molar-refractivity contribution in [1.29, 1.82) is 5.26 Å². The van der Waals surface area contributed by atoms with Crippen molar-refractivity contribution in [2.45, 2.75) is 0 Å². The lowest BCUT2D eigenvalue weighted by atomic mass is 10.1. The second-order valence-electron chi connectivity index (χ2n) is 3.05. The third-order valence-electron chi connectivity index (χ3n) is 1.88. The van der Waals surface area contributed by atoms with E-state index in [1.807, 2.05) is 6.07 Å².